The Labute approximate surface area is 138 Å². The van der Waals surface area contributed by atoms with E-state index in [-0.39, 0.29) is 18.6 Å². The largest absolute Gasteiger partial charge is 0.484 e. The molecule has 1 amide bonds. The Morgan fingerprint density at radius 3 is 2.73 bits per heavy atom. The molecule has 0 spiro atoms. The van der Waals surface area contributed by atoms with E-state index in [9.17, 15) is 9.18 Å². The monoisotopic (exact) mass is 341 g/mol. The predicted molar refractivity (Wildman–Crippen MR) is 84.9 cm³/mol. The summed E-state index contributed by atoms with van der Waals surface area (Å²) in [5.41, 5.74) is 0.755. The molecule has 0 aromatic heterocycles. The lowest BCUT2D eigenvalue weighted by Gasteiger charge is -2.16. The number of halogens is 3. The Morgan fingerprint density at radius 1 is 1.27 bits per heavy atom. The number of ether oxygens (including phenoxy) is 1. The summed E-state index contributed by atoms with van der Waals surface area (Å²) in [5.74, 6) is -0.450. The van der Waals surface area contributed by atoms with Crippen LogP contribution in [0, 0.1) is 5.82 Å². The molecule has 6 heteroatoms. The van der Waals surface area contributed by atoms with Crippen LogP contribution in [0.3, 0.4) is 0 Å². The first-order chi connectivity index (χ1) is 10.5. The maximum atomic E-state index is 13.0. The van der Waals surface area contributed by atoms with E-state index in [2.05, 4.69) is 5.32 Å². The summed E-state index contributed by atoms with van der Waals surface area (Å²) in [4.78, 5) is 11.9. The average molecular weight is 342 g/mol. The molecule has 0 saturated carbocycles. The maximum absolute atomic E-state index is 13.0. The Hall–Kier alpha value is -1.78. The second-order valence-corrected chi connectivity index (χ2v) is 5.54. The first-order valence-electron chi connectivity index (χ1n) is 6.58. The highest BCUT2D eigenvalue weighted by molar-refractivity contribution is 6.35. The minimum absolute atomic E-state index is 0.209. The number of nitrogens with one attached hydrogen (secondary N) is 1. The van der Waals surface area contributed by atoms with Crippen LogP contribution >= 0.6 is 23.2 Å². The zero-order chi connectivity index (χ0) is 16.1. The number of hydrogen-bond acceptors (Lipinski definition) is 2. The van der Waals surface area contributed by atoms with Crippen molar-refractivity contribution in [3.8, 4) is 5.75 Å². The number of carbonyl (C=O) groups excluding carboxylic acids is 1. The zero-order valence-corrected chi connectivity index (χ0v) is 13.3. The van der Waals surface area contributed by atoms with Crippen LogP contribution in [0.5, 0.6) is 5.75 Å². The smallest absolute Gasteiger partial charge is 0.258 e. The Morgan fingerprint density at radius 2 is 2.05 bits per heavy atom. The summed E-state index contributed by atoms with van der Waals surface area (Å²) < 4.78 is 18.2. The van der Waals surface area contributed by atoms with E-state index >= 15 is 0 Å². The van der Waals surface area contributed by atoms with Gasteiger partial charge in [-0.2, -0.15) is 0 Å². The molecule has 2 aromatic carbocycles. The second kappa shape index (κ2) is 7.47. The third kappa shape index (κ3) is 4.61. The van der Waals surface area contributed by atoms with Crippen LogP contribution in [-0.2, 0) is 4.79 Å². The molecule has 2 aromatic rings. The van der Waals surface area contributed by atoms with Crippen molar-refractivity contribution in [2.24, 2.45) is 0 Å². The van der Waals surface area contributed by atoms with Gasteiger partial charge in [-0.25, -0.2) is 4.39 Å². The first kappa shape index (κ1) is 16.6. The van der Waals surface area contributed by atoms with E-state index in [0.717, 1.165) is 5.56 Å². The van der Waals surface area contributed by atoms with Crippen molar-refractivity contribution in [1.82, 2.24) is 5.32 Å². The van der Waals surface area contributed by atoms with Crippen LogP contribution in [-0.4, -0.2) is 12.5 Å². The van der Waals surface area contributed by atoms with Gasteiger partial charge in [-0.05, 0) is 36.8 Å². The quantitative estimate of drug-likeness (QED) is 0.875. The fraction of sp³-hybridized carbons (Fsp3) is 0.188. The highest BCUT2D eigenvalue weighted by Gasteiger charge is 2.13. The molecule has 1 atom stereocenters. The Kier molecular flexibility index (Phi) is 5.63. The molecule has 22 heavy (non-hydrogen) atoms. The minimum Gasteiger partial charge on any atom is -0.484 e. The van der Waals surface area contributed by atoms with Gasteiger partial charge >= 0.3 is 0 Å². The van der Waals surface area contributed by atoms with Gasteiger partial charge in [0, 0.05) is 16.1 Å². The summed E-state index contributed by atoms with van der Waals surface area (Å²) in [6.45, 7) is 1.59. The van der Waals surface area contributed by atoms with Gasteiger partial charge in [-0.15, -0.1) is 0 Å². The van der Waals surface area contributed by atoms with E-state index in [1.807, 2.05) is 0 Å². The van der Waals surface area contributed by atoms with Gasteiger partial charge in [0.15, 0.2) is 6.61 Å². The summed E-state index contributed by atoms with van der Waals surface area (Å²) in [7, 11) is 0. The minimum atomic E-state index is -0.417. The van der Waals surface area contributed by atoms with E-state index in [1.54, 1.807) is 31.2 Å². The SMILES string of the molecule is C[C@@H](NC(=O)COc1cccc(F)c1)c1ccc(Cl)cc1Cl. The zero-order valence-electron chi connectivity index (χ0n) is 11.8. The third-order valence-corrected chi connectivity index (χ3v) is 3.53. The molecule has 116 valence electrons. The molecule has 0 aliphatic heterocycles. The topological polar surface area (TPSA) is 38.3 Å². The molecule has 0 bridgehead atoms. The Bertz CT molecular complexity index is 679. The molecule has 0 radical (unpaired) electrons. The summed E-state index contributed by atoms with van der Waals surface area (Å²) >= 11 is 11.9. The van der Waals surface area contributed by atoms with Gasteiger partial charge in [0.1, 0.15) is 11.6 Å². The molecule has 2 rings (SSSR count). The van der Waals surface area contributed by atoms with Crippen molar-refractivity contribution < 1.29 is 13.9 Å². The summed E-state index contributed by atoms with van der Waals surface area (Å²) in [6.07, 6.45) is 0. The first-order valence-corrected chi connectivity index (χ1v) is 7.34. The van der Waals surface area contributed by atoms with Gasteiger partial charge in [0.25, 0.3) is 5.91 Å². The number of benzene rings is 2. The van der Waals surface area contributed by atoms with Crippen molar-refractivity contribution >= 4 is 29.1 Å². The lowest BCUT2D eigenvalue weighted by atomic mass is 10.1. The van der Waals surface area contributed by atoms with Crippen LogP contribution in [0.1, 0.15) is 18.5 Å². The van der Waals surface area contributed by atoms with Gasteiger partial charge in [-0.3, -0.25) is 4.79 Å². The third-order valence-electron chi connectivity index (χ3n) is 2.97. The van der Waals surface area contributed by atoms with Gasteiger partial charge in [0.05, 0.1) is 6.04 Å². The number of carbonyl (C=O) groups is 1. The second-order valence-electron chi connectivity index (χ2n) is 4.70. The van der Waals surface area contributed by atoms with E-state index in [4.69, 9.17) is 27.9 Å². The molecule has 0 aliphatic carbocycles. The molecule has 0 unspecified atom stereocenters. The molecule has 0 fully saturated rings. The highest BCUT2D eigenvalue weighted by Crippen LogP contribution is 2.26. The van der Waals surface area contributed by atoms with Crippen LogP contribution in [0.2, 0.25) is 10.0 Å². The summed E-state index contributed by atoms with van der Waals surface area (Å²) in [5, 5.41) is 3.76. The molecular weight excluding hydrogens is 328 g/mol. The van der Waals surface area contributed by atoms with Crippen LogP contribution in [0.4, 0.5) is 4.39 Å². The molecule has 3 nitrogen and oxygen atoms in total. The average Bonchev–Trinajstić information content (AvgIpc) is 2.45. The van der Waals surface area contributed by atoms with Gasteiger partial charge in [-0.1, -0.05) is 35.3 Å². The maximum Gasteiger partial charge on any atom is 0.258 e. The molecule has 0 aliphatic rings. The lowest BCUT2D eigenvalue weighted by molar-refractivity contribution is -0.123. The van der Waals surface area contributed by atoms with Crippen molar-refractivity contribution in [2.75, 3.05) is 6.61 Å². The van der Waals surface area contributed by atoms with Crippen molar-refractivity contribution in [3.05, 3.63) is 63.9 Å². The van der Waals surface area contributed by atoms with E-state index < -0.39 is 5.82 Å². The summed E-state index contributed by atoms with van der Waals surface area (Å²) in [6, 6.07) is 10.4. The molecule has 1 N–H and O–H groups in total. The lowest BCUT2D eigenvalue weighted by Crippen LogP contribution is -2.31. The normalized spacial score (nSPS) is 11.8. The highest BCUT2D eigenvalue weighted by atomic mass is 35.5. The van der Waals surface area contributed by atoms with Crippen molar-refractivity contribution in [2.45, 2.75) is 13.0 Å². The molecule has 0 heterocycles. The predicted octanol–water partition coefficient (Wildman–Crippen LogP) is 4.39. The van der Waals surface area contributed by atoms with Gasteiger partial charge in [0.2, 0.25) is 0 Å². The standard InChI is InChI=1S/C16H14Cl2FNO2/c1-10(14-6-5-11(17)7-15(14)18)20-16(21)9-22-13-4-2-3-12(19)8-13/h2-8,10H,9H2,1H3,(H,20,21)/t10-/m1/s1. The van der Waals surface area contributed by atoms with E-state index in [0.29, 0.717) is 15.8 Å². The van der Waals surface area contributed by atoms with Crippen molar-refractivity contribution in [3.63, 3.8) is 0 Å². The van der Waals surface area contributed by atoms with Crippen molar-refractivity contribution in [1.29, 1.82) is 0 Å². The number of rotatable bonds is 5. The number of hydrogen-bond donors (Lipinski definition) is 1. The Balaban J connectivity index is 1.91. The molecular formula is C16H14Cl2FNO2. The van der Waals surface area contributed by atoms with Crippen LogP contribution < -0.4 is 10.1 Å². The fourth-order valence-corrected chi connectivity index (χ4v) is 2.49. The fourth-order valence-electron chi connectivity index (χ4n) is 1.92. The van der Waals surface area contributed by atoms with E-state index in [1.165, 1.54) is 18.2 Å². The van der Waals surface area contributed by atoms with Gasteiger partial charge < -0.3 is 10.1 Å². The van der Waals surface area contributed by atoms with Crippen LogP contribution in [0.25, 0.3) is 0 Å². The van der Waals surface area contributed by atoms with Crippen LogP contribution in [0.15, 0.2) is 42.5 Å². The number of amides is 1. The molecule has 0 saturated heterocycles.